The monoisotopic (exact) mass is 403 g/mol. The minimum absolute atomic E-state index is 0.00791. The van der Waals surface area contributed by atoms with Crippen molar-refractivity contribution < 1.29 is 4.79 Å². The van der Waals surface area contributed by atoms with Crippen molar-refractivity contribution in [2.45, 2.75) is 33.7 Å². The molecule has 8 nitrogen and oxygen atoms in total. The minimum Gasteiger partial charge on any atom is -0.380 e. The average Bonchev–Trinajstić information content (AvgIpc) is 3.35. The number of nitrogens with one attached hydrogen (secondary N) is 1. The van der Waals surface area contributed by atoms with Gasteiger partial charge in [0.15, 0.2) is 0 Å². The molecular weight excluding hydrogens is 378 g/mol. The van der Waals surface area contributed by atoms with Gasteiger partial charge in [0.1, 0.15) is 0 Å². The first kappa shape index (κ1) is 19.6. The molecule has 0 aliphatic carbocycles. The van der Waals surface area contributed by atoms with Crippen LogP contribution in [0.1, 0.15) is 38.1 Å². The third-order valence-corrected chi connectivity index (χ3v) is 5.41. The Labute approximate surface area is 174 Å². The molecule has 3 N–H and O–H groups in total. The molecule has 154 valence electrons. The summed E-state index contributed by atoms with van der Waals surface area (Å²) >= 11 is 0. The van der Waals surface area contributed by atoms with Crippen LogP contribution in [0.15, 0.2) is 55.4 Å². The highest BCUT2D eigenvalue weighted by Crippen LogP contribution is 2.30. The minimum atomic E-state index is -0.518. The van der Waals surface area contributed by atoms with E-state index in [-0.39, 0.29) is 11.5 Å². The van der Waals surface area contributed by atoms with Gasteiger partial charge in [0.05, 0.1) is 41.0 Å². The normalized spacial score (nSPS) is 12.8. The third-order valence-electron chi connectivity index (χ3n) is 5.41. The van der Waals surface area contributed by atoms with E-state index in [0.717, 1.165) is 22.3 Å². The Morgan fingerprint density at radius 1 is 1.10 bits per heavy atom. The van der Waals surface area contributed by atoms with E-state index >= 15 is 0 Å². The first-order valence-electron chi connectivity index (χ1n) is 9.77. The van der Waals surface area contributed by atoms with Crippen LogP contribution < -0.4 is 11.1 Å². The summed E-state index contributed by atoms with van der Waals surface area (Å²) in [4.78, 5) is 16.1. The number of nitrogens with two attached hydrogens (primary N) is 1. The van der Waals surface area contributed by atoms with Crippen LogP contribution >= 0.6 is 0 Å². The maximum absolute atomic E-state index is 12.0. The van der Waals surface area contributed by atoms with Crippen molar-refractivity contribution in [1.82, 2.24) is 24.4 Å². The van der Waals surface area contributed by atoms with Gasteiger partial charge in [0.25, 0.3) is 5.91 Å². The lowest BCUT2D eigenvalue weighted by atomic mass is 9.88. The summed E-state index contributed by atoms with van der Waals surface area (Å²) in [6.45, 7) is 8.50. The summed E-state index contributed by atoms with van der Waals surface area (Å²) < 4.78 is 3.51. The Morgan fingerprint density at radius 3 is 2.50 bits per heavy atom. The van der Waals surface area contributed by atoms with Crippen molar-refractivity contribution in [3.8, 4) is 16.8 Å². The summed E-state index contributed by atoms with van der Waals surface area (Å²) in [6, 6.07) is 5.92. The van der Waals surface area contributed by atoms with Crippen molar-refractivity contribution >= 4 is 17.1 Å². The molecule has 4 heterocycles. The highest BCUT2D eigenvalue weighted by Gasteiger charge is 2.23. The first-order chi connectivity index (χ1) is 14.2. The van der Waals surface area contributed by atoms with Gasteiger partial charge in [0, 0.05) is 30.2 Å². The molecule has 8 heteroatoms. The van der Waals surface area contributed by atoms with E-state index in [1.165, 1.54) is 6.20 Å². The molecule has 0 saturated heterocycles. The maximum Gasteiger partial charge on any atom is 0.252 e. The van der Waals surface area contributed by atoms with Gasteiger partial charge in [-0.1, -0.05) is 20.8 Å². The summed E-state index contributed by atoms with van der Waals surface area (Å²) in [5.41, 5.74) is 10.3. The van der Waals surface area contributed by atoms with Crippen molar-refractivity contribution in [2.24, 2.45) is 11.1 Å². The standard InChI is InChI=1S/C22H25N7O/c1-14(22(2,3)4)27-20-18(21(23)30)11-26-29-13-17(9-19(20)29)28-12-16(10-25-28)15-5-7-24-8-6-15/h5-14,27H,1-4H3,(H2,23,30). The predicted molar refractivity (Wildman–Crippen MR) is 117 cm³/mol. The zero-order chi connectivity index (χ0) is 21.5. The quantitative estimate of drug-likeness (QED) is 0.531. The molecule has 1 unspecified atom stereocenters. The highest BCUT2D eigenvalue weighted by atomic mass is 16.1. The van der Waals surface area contributed by atoms with E-state index in [4.69, 9.17) is 5.73 Å². The Morgan fingerprint density at radius 2 is 1.83 bits per heavy atom. The van der Waals surface area contributed by atoms with Gasteiger partial charge in [0.2, 0.25) is 0 Å². The molecule has 1 amide bonds. The third kappa shape index (κ3) is 3.63. The largest absolute Gasteiger partial charge is 0.380 e. The van der Waals surface area contributed by atoms with Crippen LogP contribution in [-0.4, -0.2) is 36.3 Å². The van der Waals surface area contributed by atoms with Crippen LogP contribution in [0.5, 0.6) is 0 Å². The van der Waals surface area contributed by atoms with Crippen molar-refractivity contribution in [2.75, 3.05) is 5.32 Å². The van der Waals surface area contributed by atoms with E-state index < -0.39 is 5.91 Å². The van der Waals surface area contributed by atoms with Crippen LogP contribution in [0.4, 0.5) is 5.69 Å². The van der Waals surface area contributed by atoms with Gasteiger partial charge in [-0.15, -0.1) is 0 Å². The number of amides is 1. The number of hydrogen-bond donors (Lipinski definition) is 2. The van der Waals surface area contributed by atoms with Gasteiger partial charge >= 0.3 is 0 Å². The Balaban J connectivity index is 1.78. The molecule has 0 aromatic carbocycles. The predicted octanol–water partition coefficient (Wildman–Crippen LogP) is 3.53. The molecule has 30 heavy (non-hydrogen) atoms. The molecule has 0 fully saturated rings. The fourth-order valence-corrected chi connectivity index (χ4v) is 3.10. The van der Waals surface area contributed by atoms with Gasteiger partial charge in [-0.3, -0.25) is 9.78 Å². The molecule has 4 aromatic rings. The topological polar surface area (TPSA) is 103 Å². The molecule has 4 rings (SSSR count). The molecule has 0 spiro atoms. The fraction of sp³-hybridized carbons (Fsp3) is 0.273. The number of aromatic nitrogens is 5. The second-order valence-corrected chi connectivity index (χ2v) is 8.47. The second-order valence-electron chi connectivity index (χ2n) is 8.47. The van der Waals surface area contributed by atoms with E-state index in [1.807, 2.05) is 30.6 Å². The van der Waals surface area contributed by atoms with Crippen molar-refractivity contribution in [1.29, 1.82) is 0 Å². The summed E-state index contributed by atoms with van der Waals surface area (Å²) in [5, 5.41) is 12.3. The van der Waals surface area contributed by atoms with Crippen LogP contribution in [0.3, 0.4) is 0 Å². The first-order valence-corrected chi connectivity index (χ1v) is 9.77. The fourth-order valence-electron chi connectivity index (χ4n) is 3.10. The van der Waals surface area contributed by atoms with Gasteiger partial charge < -0.3 is 11.1 Å². The highest BCUT2D eigenvalue weighted by molar-refractivity contribution is 6.02. The van der Waals surface area contributed by atoms with Crippen molar-refractivity contribution in [3.63, 3.8) is 0 Å². The van der Waals surface area contributed by atoms with E-state index in [0.29, 0.717) is 11.3 Å². The molecule has 0 aliphatic heterocycles. The number of pyridine rings is 1. The molecule has 1 atom stereocenters. The number of carbonyl (C=O) groups excluding carboxylic acids is 1. The number of carbonyl (C=O) groups is 1. The average molecular weight is 403 g/mol. The number of rotatable bonds is 5. The van der Waals surface area contributed by atoms with Crippen LogP contribution in [0.25, 0.3) is 22.3 Å². The number of hydrogen-bond acceptors (Lipinski definition) is 5. The van der Waals surface area contributed by atoms with E-state index in [9.17, 15) is 4.79 Å². The van der Waals surface area contributed by atoms with Gasteiger partial charge in [-0.2, -0.15) is 10.2 Å². The van der Waals surface area contributed by atoms with Crippen LogP contribution in [-0.2, 0) is 0 Å². The summed E-state index contributed by atoms with van der Waals surface area (Å²) in [7, 11) is 0. The number of nitrogens with zero attached hydrogens (tertiary/aromatic N) is 5. The summed E-state index contributed by atoms with van der Waals surface area (Å²) in [6.07, 6.45) is 10.6. The van der Waals surface area contributed by atoms with Gasteiger partial charge in [-0.25, -0.2) is 9.20 Å². The number of fused-ring (bicyclic) bond motifs is 1. The summed E-state index contributed by atoms with van der Waals surface area (Å²) in [5.74, 6) is -0.518. The van der Waals surface area contributed by atoms with Gasteiger partial charge in [-0.05, 0) is 36.1 Å². The van der Waals surface area contributed by atoms with E-state index in [1.54, 1.807) is 27.8 Å². The lowest BCUT2D eigenvalue weighted by molar-refractivity contribution is 0.100. The second kappa shape index (κ2) is 7.29. The lowest BCUT2D eigenvalue weighted by Gasteiger charge is -2.29. The zero-order valence-corrected chi connectivity index (χ0v) is 17.5. The zero-order valence-electron chi connectivity index (χ0n) is 17.5. The Hall–Kier alpha value is -3.68. The van der Waals surface area contributed by atoms with Crippen LogP contribution in [0.2, 0.25) is 0 Å². The van der Waals surface area contributed by atoms with Crippen molar-refractivity contribution in [3.05, 3.63) is 60.9 Å². The number of primary amides is 1. The number of anilines is 1. The molecule has 4 aromatic heterocycles. The molecule has 0 bridgehead atoms. The maximum atomic E-state index is 12.0. The Bertz CT molecular complexity index is 1200. The van der Waals surface area contributed by atoms with Crippen LogP contribution in [0, 0.1) is 5.41 Å². The molecule has 0 radical (unpaired) electrons. The molecular formula is C22H25N7O. The Kier molecular flexibility index (Phi) is 4.77. The van der Waals surface area contributed by atoms with E-state index in [2.05, 4.69) is 48.2 Å². The molecule has 0 saturated carbocycles. The molecule has 0 aliphatic rings. The smallest absolute Gasteiger partial charge is 0.252 e. The lowest BCUT2D eigenvalue weighted by Crippen LogP contribution is -2.32. The SMILES string of the molecule is CC(Nc1c(C(N)=O)cnn2cc(-n3cc(-c4ccncc4)cn3)cc12)C(C)(C)C.